The first kappa shape index (κ1) is 16.9. The number of hydrogen-bond acceptors (Lipinski definition) is 2. The van der Waals surface area contributed by atoms with Crippen LogP contribution in [-0.2, 0) is 15.6 Å². The van der Waals surface area contributed by atoms with Crippen LogP contribution < -0.4 is 0 Å². The second-order valence-electron chi connectivity index (χ2n) is 6.28. The molecule has 0 aliphatic heterocycles. The van der Waals surface area contributed by atoms with Crippen molar-refractivity contribution in [3.63, 3.8) is 0 Å². The van der Waals surface area contributed by atoms with Gasteiger partial charge in [0.25, 0.3) is 0 Å². The number of benzene rings is 1. The van der Waals surface area contributed by atoms with Gasteiger partial charge < -0.3 is 9.53 Å². The van der Waals surface area contributed by atoms with E-state index in [1.807, 2.05) is 50.0 Å². The normalized spacial score (nSPS) is 14.8. The van der Waals surface area contributed by atoms with Crippen LogP contribution in [0.1, 0.15) is 31.7 Å². The fraction of sp³-hybridized carbons (Fsp3) is 0.562. The Morgan fingerprint density at radius 1 is 1.25 bits per heavy atom. The lowest BCUT2D eigenvalue weighted by Crippen LogP contribution is -2.50. The maximum absolute atomic E-state index is 11.9. The van der Waals surface area contributed by atoms with E-state index < -0.39 is 19.9 Å². The van der Waals surface area contributed by atoms with Gasteiger partial charge in [0, 0.05) is 6.42 Å². The smallest absolute Gasteiger partial charge is 0.335 e. The highest BCUT2D eigenvalue weighted by molar-refractivity contribution is 6.70. The van der Waals surface area contributed by atoms with Gasteiger partial charge >= 0.3 is 5.97 Å². The van der Waals surface area contributed by atoms with E-state index in [1.54, 1.807) is 0 Å². The Morgan fingerprint density at radius 2 is 1.85 bits per heavy atom. The van der Waals surface area contributed by atoms with Crippen LogP contribution >= 0.6 is 0 Å². The standard InChI is InChI=1S/C16H26O3Si/c1-5-6-12-16(15(17)18,19-20(2,3)4)13-14-10-8-7-9-11-14/h7-11H,5-6,12-13H2,1-4H3,(H,17,18). The molecular weight excluding hydrogens is 268 g/mol. The zero-order valence-corrected chi connectivity index (χ0v) is 14.0. The van der Waals surface area contributed by atoms with Crippen LogP contribution in [0, 0.1) is 0 Å². The summed E-state index contributed by atoms with van der Waals surface area (Å²) in [6.45, 7) is 8.20. The van der Waals surface area contributed by atoms with Gasteiger partial charge in [-0.1, -0.05) is 50.1 Å². The number of carboxylic acids is 1. The van der Waals surface area contributed by atoms with Gasteiger partial charge in [0.1, 0.15) is 0 Å². The minimum atomic E-state index is -1.94. The highest BCUT2D eigenvalue weighted by Gasteiger charge is 2.42. The SMILES string of the molecule is CCCCC(Cc1ccccc1)(O[Si](C)(C)C)C(=O)O. The lowest BCUT2D eigenvalue weighted by atomic mass is 9.89. The van der Waals surface area contributed by atoms with Gasteiger partial charge in [0.15, 0.2) is 13.9 Å². The van der Waals surface area contributed by atoms with E-state index in [-0.39, 0.29) is 0 Å². The van der Waals surface area contributed by atoms with Crippen LogP contribution in [0.25, 0.3) is 0 Å². The molecule has 0 heterocycles. The van der Waals surface area contributed by atoms with E-state index in [0.29, 0.717) is 12.8 Å². The third-order valence-electron chi connectivity index (χ3n) is 3.16. The highest BCUT2D eigenvalue weighted by Crippen LogP contribution is 2.29. The van der Waals surface area contributed by atoms with E-state index in [0.717, 1.165) is 18.4 Å². The van der Waals surface area contributed by atoms with Gasteiger partial charge in [-0.25, -0.2) is 4.79 Å². The Bertz CT molecular complexity index is 425. The molecule has 0 saturated carbocycles. The Balaban J connectivity index is 3.05. The zero-order chi connectivity index (χ0) is 15.2. The fourth-order valence-corrected chi connectivity index (χ4v) is 3.81. The predicted octanol–water partition coefficient (Wildman–Crippen LogP) is 4.09. The van der Waals surface area contributed by atoms with Crippen molar-refractivity contribution < 1.29 is 14.3 Å². The molecule has 3 nitrogen and oxygen atoms in total. The highest BCUT2D eigenvalue weighted by atomic mass is 28.4. The quantitative estimate of drug-likeness (QED) is 0.734. The largest absolute Gasteiger partial charge is 0.479 e. The first-order valence-electron chi connectivity index (χ1n) is 7.26. The third-order valence-corrected chi connectivity index (χ3v) is 4.16. The average Bonchev–Trinajstić information content (AvgIpc) is 2.35. The molecule has 1 unspecified atom stereocenters. The minimum absolute atomic E-state index is 0.438. The van der Waals surface area contributed by atoms with Crippen LogP contribution in [0.2, 0.25) is 19.6 Å². The van der Waals surface area contributed by atoms with Crippen molar-refractivity contribution in [3.8, 4) is 0 Å². The molecule has 0 bridgehead atoms. The molecule has 1 aromatic rings. The third kappa shape index (κ3) is 5.10. The second-order valence-corrected chi connectivity index (χ2v) is 10.7. The number of unbranched alkanes of at least 4 members (excludes halogenated alkanes) is 1. The summed E-state index contributed by atoms with van der Waals surface area (Å²) in [4.78, 5) is 11.9. The molecule has 0 aromatic heterocycles. The van der Waals surface area contributed by atoms with Gasteiger partial charge in [-0.15, -0.1) is 0 Å². The monoisotopic (exact) mass is 294 g/mol. The molecule has 1 N–H and O–H groups in total. The Morgan fingerprint density at radius 3 is 2.30 bits per heavy atom. The summed E-state index contributed by atoms with van der Waals surface area (Å²) in [5, 5.41) is 9.77. The number of carboxylic acid groups (broad SMARTS) is 1. The van der Waals surface area contributed by atoms with Crippen molar-refractivity contribution in [2.24, 2.45) is 0 Å². The summed E-state index contributed by atoms with van der Waals surface area (Å²) in [6.07, 6.45) is 2.84. The maximum atomic E-state index is 11.9. The van der Waals surface area contributed by atoms with Gasteiger partial charge in [-0.2, -0.15) is 0 Å². The molecule has 112 valence electrons. The first-order valence-corrected chi connectivity index (χ1v) is 10.7. The summed E-state index contributed by atoms with van der Waals surface area (Å²) < 4.78 is 6.13. The van der Waals surface area contributed by atoms with Gasteiger partial charge in [0.05, 0.1) is 0 Å². The van der Waals surface area contributed by atoms with E-state index in [9.17, 15) is 9.90 Å². The van der Waals surface area contributed by atoms with Crippen molar-refractivity contribution in [3.05, 3.63) is 35.9 Å². The lowest BCUT2D eigenvalue weighted by Gasteiger charge is -2.36. The summed E-state index contributed by atoms with van der Waals surface area (Å²) in [6, 6.07) is 9.76. The predicted molar refractivity (Wildman–Crippen MR) is 84.5 cm³/mol. The Hall–Kier alpha value is -1.13. The van der Waals surface area contributed by atoms with Crippen LogP contribution in [0.3, 0.4) is 0 Å². The topological polar surface area (TPSA) is 46.5 Å². The van der Waals surface area contributed by atoms with Crippen LogP contribution in [-0.4, -0.2) is 25.0 Å². The van der Waals surface area contributed by atoms with Crippen molar-refractivity contribution in [2.75, 3.05) is 0 Å². The zero-order valence-electron chi connectivity index (χ0n) is 13.0. The van der Waals surface area contributed by atoms with Crippen molar-refractivity contribution in [1.29, 1.82) is 0 Å². The molecule has 1 rings (SSSR count). The molecule has 0 spiro atoms. The number of hydrogen-bond donors (Lipinski definition) is 1. The second kappa shape index (κ2) is 7.04. The molecule has 20 heavy (non-hydrogen) atoms. The molecule has 0 aliphatic carbocycles. The van der Waals surface area contributed by atoms with Gasteiger partial charge in [-0.3, -0.25) is 0 Å². The number of carbonyl (C=O) groups is 1. The molecule has 1 atom stereocenters. The van der Waals surface area contributed by atoms with Gasteiger partial charge in [-0.05, 0) is 31.6 Å². The Labute approximate surface area is 123 Å². The van der Waals surface area contributed by atoms with Crippen molar-refractivity contribution in [1.82, 2.24) is 0 Å². The molecule has 1 aromatic carbocycles. The van der Waals surface area contributed by atoms with E-state index >= 15 is 0 Å². The first-order chi connectivity index (χ1) is 9.29. The fourth-order valence-electron chi connectivity index (χ4n) is 2.38. The average molecular weight is 294 g/mol. The van der Waals surface area contributed by atoms with Crippen molar-refractivity contribution in [2.45, 2.75) is 57.8 Å². The van der Waals surface area contributed by atoms with E-state index in [4.69, 9.17) is 4.43 Å². The molecule has 4 heteroatoms. The number of rotatable bonds is 8. The van der Waals surface area contributed by atoms with Crippen molar-refractivity contribution >= 4 is 14.3 Å². The molecule has 0 saturated heterocycles. The summed E-state index contributed by atoms with van der Waals surface area (Å²) in [7, 11) is -1.94. The van der Waals surface area contributed by atoms with E-state index in [2.05, 4.69) is 6.92 Å². The summed E-state index contributed by atoms with van der Waals surface area (Å²) >= 11 is 0. The van der Waals surface area contributed by atoms with E-state index in [1.165, 1.54) is 0 Å². The lowest BCUT2D eigenvalue weighted by molar-refractivity contribution is -0.157. The van der Waals surface area contributed by atoms with Crippen LogP contribution in [0.5, 0.6) is 0 Å². The summed E-state index contributed by atoms with van der Waals surface area (Å²) in [5.41, 5.74) is -0.0637. The van der Waals surface area contributed by atoms with Crippen LogP contribution in [0.4, 0.5) is 0 Å². The van der Waals surface area contributed by atoms with Crippen LogP contribution in [0.15, 0.2) is 30.3 Å². The molecule has 0 aliphatic rings. The Kier molecular flexibility index (Phi) is 5.96. The minimum Gasteiger partial charge on any atom is -0.479 e. The van der Waals surface area contributed by atoms with Gasteiger partial charge in [0.2, 0.25) is 0 Å². The number of aliphatic carboxylic acids is 1. The molecule has 0 fully saturated rings. The summed E-state index contributed by atoms with van der Waals surface area (Å²) in [5.74, 6) is -0.836. The maximum Gasteiger partial charge on any atom is 0.335 e. The molecule has 0 amide bonds. The molecule has 0 radical (unpaired) electrons. The molecular formula is C16H26O3Si.